The Morgan fingerprint density at radius 1 is 1.40 bits per heavy atom. The SMILES string of the molecule is COc1ncccc1COC(=O)c1cc(N)cc(Br)c1. The topological polar surface area (TPSA) is 74.4 Å². The number of rotatable bonds is 4. The maximum Gasteiger partial charge on any atom is 0.338 e. The highest BCUT2D eigenvalue weighted by Gasteiger charge is 2.11. The zero-order valence-electron chi connectivity index (χ0n) is 10.8. The molecule has 0 unspecified atom stereocenters. The number of nitrogens with two attached hydrogens (primary N) is 1. The number of carbonyl (C=O) groups is 1. The van der Waals surface area contributed by atoms with Crippen molar-refractivity contribution < 1.29 is 14.3 Å². The van der Waals surface area contributed by atoms with Crippen molar-refractivity contribution >= 4 is 27.6 Å². The van der Waals surface area contributed by atoms with Crippen molar-refractivity contribution in [3.05, 3.63) is 52.1 Å². The predicted molar refractivity (Wildman–Crippen MR) is 78.5 cm³/mol. The van der Waals surface area contributed by atoms with Gasteiger partial charge in [0.05, 0.1) is 18.2 Å². The summed E-state index contributed by atoms with van der Waals surface area (Å²) < 4.78 is 11.0. The number of benzene rings is 1. The summed E-state index contributed by atoms with van der Waals surface area (Å²) >= 11 is 3.28. The molecule has 2 aromatic rings. The van der Waals surface area contributed by atoms with Crippen LogP contribution in [0.25, 0.3) is 0 Å². The monoisotopic (exact) mass is 336 g/mol. The highest BCUT2D eigenvalue weighted by Crippen LogP contribution is 2.19. The number of methoxy groups -OCH3 is 1. The number of esters is 1. The lowest BCUT2D eigenvalue weighted by Gasteiger charge is -2.08. The van der Waals surface area contributed by atoms with E-state index < -0.39 is 5.97 Å². The molecule has 5 nitrogen and oxygen atoms in total. The first kappa shape index (κ1) is 14.3. The van der Waals surface area contributed by atoms with Gasteiger partial charge in [0.15, 0.2) is 0 Å². The third-order valence-electron chi connectivity index (χ3n) is 2.56. The summed E-state index contributed by atoms with van der Waals surface area (Å²) in [6.45, 7) is 0.0856. The average Bonchev–Trinajstić information content (AvgIpc) is 2.44. The molecular formula is C14H13BrN2O3. The highest BCUT2D eigenvalue weighted by molar-refractivity contribution is 9.10. The lowest BCUT2D eigenvalue weighted by Crippen LogP contribution is -2.07. The largest absolute Gasteiger partial charge is 0.481 e. The molecule has 20 heavy (non-hydrogen) atoms. The number of aromatic nitrogens is 1. The van der Waals surface area contributed by atoms with Crippen LogP contribution in [0.5, 0.6) is 5.88 Å². The molecule has 2 N–H and O–H groups in total. The Labute approximate surface area is 124 Å². The Morgan fingerprint density at radius 2 is 2.20 bits per heavy atom. The standard InChI is InChI=1S/C14H13BrN2O3/c1-19-13-9(3-2-4-17-13)8-20-14(18)10-5-11(15)7-12(16)6-10/h2-7H,8,16H2,1H3. The van der Waals surface area contributed by atoms with E-state index in [0.29, 0.717) is 22.7 Å². The van der Waals surface area contributed by atoms with Crippen LogP contribution in [0.15, 0.2) is 41.0 Å². The lowest BCUT2D eigenvalue weighted by atomic mass is 10.2. The summed E-state index contributed by atoms with van der Waals surface area (Å²) in [5.41, 5.74) is 7.26. The second-order valence-corrected chi connectivity index (χ2v) is 4.94. The van der Waals surface area contributed by atoms with E-state index in [-0.39, 0.29) is 6.61 Å². The number of nitrogens with zero attached hydrogens (tertiary/aromatic N) is 1. The van der Waals surface area contributed by atoms with Crippen LogP contribution in [0, 0.1) is 0 Å². The van der Waals surface area contributed by atoms with Gasteiger partial charge in [-0.2, -0.15) is 0 Å². The molecule has 6 heteroatoms. The van der Waals surface area contributed by atoms with Crippen molar-refractivity contribution in [3.63, 3.8) is 0 Å². The molecule has 0 fully saturated rings. The number of nitrogen functional groups attached to an aromatic ring is 1. The van der Waals surface area contributed by atoms with Crippen molar-refractivity contribution in [2.45, 2.75) is 6.61 Å². The van der Waals surface area contributed by atoms with E-state index in [1.165, 1.54) is 7.11 Å². The van der Waals surface area contributed by atoms with Gasteiger partial charge in [-0.3, -0.25) is 0 Å². The van der Waals surface area contributed by atoms with Crippen molar-refractivity contribution in [2.24, 2.45) is 0 Å². The molecule has 1 aromatic heterocycles. The zero-order valence-corrected chi connectivity index (χ0v) is 12.4. The molecule has 0 bridgehead atoms. The molecular weight excluding hydrogens is 324 g/mol. The normalized spacial score (nSPS) is 10.1. The Bertz CT molecular complexity index is 611. The van der Waals surface area contributed by atoms with Gasteiger partial charge in [0, 0.05) is 16.4 Å². The van der Waals surface area contributed by atoms with E-state index >= 15 is 0 Å². The van der Waals surface area contributed by atoms with Gasteiger partial charge < -0.3 is 15.2 Å². The number of anilines is 1. The molecule has 0 aliphatic rings. The fourth-order valence-electron chi connectivity index (χ4n) is 1.67. The van der Waals surface area contributed by atoms with E-state index in [2.05, 4.69) is 20.9 Å². The number of ether oxygens (including phenoxy) is 2. The third kappa shape index (κ3) is 3.48. The van der Waals surface area contributed by atoms with Gasteiger partial charge in [0.1, 0.15) is 6.61 Å². The van der Waals surface area contributed by atoms with Gasteiger partial charge in [-0.15, -0.1) is 0 Å². The number of halogens is 1. The molecule has 104 valence electrons. The molecule has 0 radical (unpaired) electrons. The molecule has 0 saturated carbocycles. The first-order valence-electron chi connectivity index (χ1n) is 5.81. The summed E-state index contributed by atoms with van der Waals surface area (Å²) in [6.07, 6.45) is 1.61. The molecule has 0 atom stereocenters. The molecule has 0 saturated heterocycles. The van der Waals surface area contributed by atoms with Crippen molar-refractivity contribution in [1.29, 1.82) is 0 Å². The van der Waals surface area contributed by atoms with Gasteiger partial charge in [0.25, 0.3) is 0 Å². The minimum atomic E-state index is -0.455. The quantitative estimate of drug-likeness (QED) is 0.686. The number of pyridine rings is 1. The second kappa shape index (κ2) is 6.38. The van der Waals surface area contributed by atoms with Gasteiger partial charge in [0.2, 0.25) is 5.88 Å². The first-order valence-corrected chi connectivity index (χ1v) is 6.60. The van der Waals surface area contributed by atoms with Crippen LogP contribution in [0.4, 0.5) is 5.69 Å². The van der Waals surface area contributed by atoms with E-state index in [4.69, 9.17) is 15.2 Å². The molecule has 0 aliphatic carbocycles. The Kier molecular flexibility index (Phi) is 4.57. The number of hydrogen-bond donors (Lipinski definition) is 1. The fourth-order valence-corrected chi connectivity index (χ4v) is 2.19. The zero-order chi connectivity index (χ0) is 14.5. The van der Waals surface area contributed by atoms with Crippen LogP contribution in [-0.2, 0) is 11.3 Å². The van der Waals surface area contributed by atoms with Gasteiger partial charge in [-0.1, -0.05) is 15.9 Å². The van der Waals surface area contributed by atoms with Gasteiger partial charge >= 0.3 is 5.97 Å². The fraction of sp³-hybridized carbons (Fsp3) is 0.143. The summed E-state index contributed by atoms with van der Waals surface area (Å²) in [7, 11) is 1.52. The third-order valence-corrected chi connectivity index (χ3v) is 3.02. The molecule has 0 spiro atoms. The summed E-state index contributed by atoms with van der Waals surface area (Å²) in [4.78, 5) is 16.0. The second-order valence-electron chi connectivity index (χ2n) is 4.02. The van der Waals surface area contributed by atoms with Crippen LogP contribution < -0.4 is 10.5 Å². The molecule has 0 amide bonds. The molecule has 2 rings (SSSR count). The highest BCUT2D eigenvalue weighted by atomic mass is 79.9. The van der Waals surface area contributed by atoms with Crippen LogP contribution in [-0.4, -0.2) is 18.1 Å². The first-order chi connectivity index (χ1) is 9.60. The predicted octanol–water partition coefficient (Wildman–Crippen LogP) is 2.79. The lowest BCUT2D eigenvalue weighted by molar-refractivity contribution is 0.0469. The van der Waals surface area contributed by atoms with Gasteiger partial charge in [-0.25, -0.2) is 9.78 Å². The maximum atomic E-state index is 12.0. The van der Waals surface area contributed by atoms with Gasteiger partial charge in [-0.05, 0) is 30.3 Å². The van der Waals surface area contributed by atoms with E-state index in [0.717, 1.165) is 4.47 Å². The number of hydrogen-bond acceptors (Lipinski definition) is 5. The van der Waals surface area contributed by atoms with Crippen molar-refractivity contribution in [1.82, 2.24) is 4.98 Å². The van der Waals surface area contributed by atoms with Crippen LogP contribution in [0.2, 0.25) is 0 Å². The summed E-state index contributed by atoms with van der Waals surface area (Å²) in [6, 6.07) is 8.46. The number of carbonyl (C=O) groups excluding carboxylic acids is 1. The van der Waals surface area contributed by atoms with Crippen molar-refractivity contribution in [2.75, 3.05) is 12.8 Å². The van der Waals surface area contributed by atoms with E-state index in [1.54, 1.807) is 36.5 Å². The van der Waals surface area contributed by atoms with Crippen LogP contribution in [0.3, 0.4) is 0 Å². The Balaban J connectivity index is 2.08. The van der Waals surface area contributed by atoms with Crippen molar-refractivity contribution in [3.8, 4) is 5.88 Å². The molecule has 1 heterocycles. The van der Waals surface area contributed by atoms with Crippen LogP contribution >= 0.6 is 15.9 Å². The minimum absolute atomic E-state index is 0.0856. The van der Waals surface area contributed by atoms with E-state index in [1.807, 2.05) is 0 Å². The summed E-state index contributed by atoms with van der Waals surface area (Å²) in [5, 5.41) is 0. The summed E-state index contributed by atoms with van der Waals surface area (Å²) in [5.74, 6) is -0.0158. The molecule has 1 aromatic carbocycles. The maximum absolute atomic E-state index is 12.0. The van der Waals surface area contributed by atoms with Crippen LogP contribution in [0.1, 0.15) is 15.9 Å². The molecule has 0 aliphatic heterocycles. The average molecular weight is 337 g/mol. The minimum Gasteiger partial charge on any atom is -0.481 e. The van der Waals surface area contributed by atoms with E-state index in [9.17, 15) is 4.79 Å². The smallest absolute Gasteiger partial charge is 0.338 e. The Morgan fingerprint density at radius 3 is 2.90 bits per heavy atom. The Hall–Kier alpha value is -2.08.